The Morgan fingerprint density at radius 2 is 2.12 bits per heavy atom. The Bertz CT molecular complexity index is 676. The van der Waals surface area contributed by atoms with E-state index in [9.17, 15) is 4.79 Å². The molecule has 2 aromatic rings. The number of anilines is 2. The monoisotopic (exact) mass is 325 g/mol. The van der Waals surface area contributed by atoms with Crippen LogP contribution in [0.25, 0.3) is 0 Å². The summed E-state index contributed by atoms with van der Waals surface area (Å²) in [5.41, 5.74) is 1.21. The molecule has 0 aliphatic carbocycles. The summed E-state index contributed by atoms with van der Waals surface area (Å²) >= 11 is 0. The summed E-state index contributed by atoms with van der Waals surface area (Å²) in [5, 5.41) is 2.74. The van der Waals surface area contributed by atoms with Crippen LogP contribution in [-0.4, -0.2) is 33.9 Å². The van der Waals surface area contributed by atoms with Gasteiger partial charge in [-0.2, -0.15) is 0 Å². The SMILES string of the molecule is CC(=O)Nc1cc(CCC2CCCN(c3ncccn3)C2)ccn1. The first-order valence-electron chi connectivity index (χ1n) is 8.45. The molecule has 1 saturated heterocycles. The number of rotatable bonds is 5. The van der Waals surface area contributed by atoms with Gasteiger partial charge in [0.05, 0.1) is 0 Å². The van der Waals surface area contributed by atoms with Crippen LogP contribution in [0.15, 0.2) is 36.8 Å². The molecule has 0 saturated carbocycles. The van der Waals surface area contributed by atoms with E-state index in [1.54, 1.807) is 18.6 Å². The fourth-order valence-electron chi connectivity index (χ4n) is 3.19. The predicted molar refractivity (Wildman–Crippen MR) is 93.8 cm³/mol. The minimum absolute atomic E-state index is 0.0922. The lowest BCUT2D eigenvalue weighted by molar-refractivity contribution is -0.114. The number of nitrogens with one attached hydrogen (secondary N) is 1. The molecule has 0 spiro atoms. The standard InChI is InChI=1S/C18H23N5O/c1-14(24)22-17-12-15(7-10-19-17)5-6-16-4-2-11-23(13-16)18-20-8-3-9-21-18/h3,7-10,12,16H,2,4-6,11,13H2,1H3,(H,19,22,24). The molecule has 24 heavy (non-hydrogen) atoms. The molecule has 0 radical (unpaired) electrons. The van der Waals surface area contributed by atoms with Crippen molar-refractivity contribution in [3.05, 3.63) is 42.4 Å². The zero-order valence-electron chi connectivity index (χ0n) is 14.0. The van der Waals surface area contributed by atoms with Crippen LogP contribution >= 0.6 is 0 Å². The summed E-state index contributed by atoms with van der Waals surface area (Å²) in [5.74, 6) is 2.01. The van der Waals surface area contributed by atoms with Gasteiger partial charge in [-0.15, -0.1) is 0 Å². The van der Waals surface area contributed by atoms with Crippen molar-refractivity contribution < 1.29 is 4.79 Å². The van der Waals surface area contributed by atoms with Crippen molar-refractivity contribution in [2.75, 3.05) is 23.3 Å². The molecule has 1 atom stereocenters. The molecule has 1 N–H and O–H groups in total. The van der Waals surface area contributed by atoms with Gasteiger partial charge in [-0.25, -0.2) is 15.0 Å². The van der Waals surface area contributed by atoms with Crippen LogP contribution < -0.4 is 10.2 Å². The van der Waals surface area contributed by atoms with Gasteiger partial charge in [0.15, 0.2) is 0 Å². The van der Waals surface area contributed by atoms with Gasteiger partial charge < -0.3 is 10.2 Å². The minimum atomic E-state index is -0.0922. The van der Waals surface area contributed by atoms with E-state index in [1.165, 1.54) is 25.3 Å². The average Bonchev–Trinajstić information content (AvgIpc) is 2.61. The Balaban J connectivity index is 1.55. The topological polar surface area (TPSA) is 71.0 Å². The summed E-state index contributed by atoms with van der Waals surface area (Å²) in [7, 11) is 0. The number of hydrogen-bond donors (Lipinski definition) is 1. The second kappa shape index (κ2) is 7.86. The van der Waals surface area contributed by atoms with Gasteiger partial charge in [-0.05, 0) is 55.4 Å². The van der Waals surface area contributed by atoms with Gasteiger partial charge in [-0.1, -0.05) is 0 Å². The van der Waals surface area contributed by atoms with E-state index in [4.69, 9.17) is 0 Å². The maximum atomic E-state index is 11.1. The lowest BCUT2D eigenvalue weighted by Gasteiger charge is -2.32. The van der Waals surface area contributed by atoms with Gasteiger partial charge in [0, 0.05) is 38.6 Å². The van der Waals surface area contributed by atoms with E-state index in [1.807, 2.05) is 18.2 Å². The third kappa shape index (κ3) is 4.50. The molecule has 0 bridgehead atoms. The summed E-state index contributed by atoms with van der Waals surface area (Å²) in [6.45, 7) is 3.53. The number of carbonyl (C=O) groups excluding carboxylic acids is 1. The lowest BCUT2D eigenvalue weighted by atomic mass is 9.92. The number of pyridine rings is 1. The van der Waals surface area contributed by atoms with E-state index >= 15 is 0 Å². The molecular weight excluding hydrogens is 302 g/mol. The zero-order chi connectivity index (χ0) is 16.8. The van der Waals surface area contributed by atoms with E-state index in [0.29, 0.717) is 11.7 Å². The van der Waals surface area contributed by atoms with Crippen molar-refractivity contribution in [2.24, 2.45) is 5.92 Å². The maximum absolute atomic E-state index is 11.1. The van der Waals surface area contributed by atoms with E-state index in [-0.39, 0.29) is 5.91 Å². The quantitative estimate of drug-likeness (QED) is 0.915. The third-order valence-electron chi connectivity index (χ3n) is 4.32. The maximum Gasteiger partial charge on any atom is 0.225 e. The zero-order valence-corrected chi connectivity index (χ0v) is 14.0. The second-order valence-corrected chi connectivity index (χ2v) is 6.27. The highest BCUT2D eigenvalue weighted by Gasteiger charge is 2.21. The fourth-order valence-corrected chi connectivity index (χ4v) is 3.19. The van der Waals surface area contributed by atoms with Crippen LogP contribution in [0.4, 0.5) is 11.8 Å². The van der Waals surface area contributed by atoms with Gasteiger partial charge in [-0.3, -0.25) is 4.79 Å². The Hall–Kier alpha value is -2.50. The molecule has 1 unspecified atom stereocenters. The largest absolute Gasteiger partial charge is 0.341 e. The van der Waals surface area contributed by atoms with Crippen LogP contribution in [0, 0.1) is 5.92 Å². The molecule has 1 aliphatic rings. The van der Waals surface area contributed by atoms with Crippen LogP contribution in [0.5, 0.6) is 0 Å². The van der Waals surface area contributed by atoms with E-state index in [0.717, 1.165) is 31.9 Å². The van der Waals surface area contributed by atoms with Crippen molar-refractivity contribution in [1.82, 2.24) is 15.0 Å². The number of piperidine rings is 1. The van der Waals surface area contributed by atoms with Crippen LogP contribution in [0.1, 0.15) is 31.7 Å². The molecular formula is C18H23N5O. The van der Waals surface area contributed by atoms with Crippen molar-refractivity contribution in [1.29, 1.82) is 0 Å². The van der Waals surface area contributed by atoms with E-state index < -0.39 is 0 Å². The summed E-state index contributed by atoms with van der Waals surface area (Å²) in [4.78, 5) is 26.3. The highest BCUT2D eigenvalue weighted by atomic mass is 16.1. The molecule has 1 fully saturated rings. The predicted octanol–water partition coefficient (Wildman–Crippen LogP) is 2.68. The molecule has 2 aromatic heterocycles. The van der Waals surface area contributed by atoms with Gasteiger partial charge in [0.25, 0.3) is 0 Å². The number of aryl methyl sites for hydroxylation is 1. The first kappa shape index (κ1) is 16.4. The van der Waals surface area contributed by atoms with Gasteiger partial charge >= 0.3 is 0 Å². The molecule has 1 aliphatic heterocycles. The number of hydrogen-bond acceptors (Lipinski definition) is 5. The summed E-state index contributed by atoms with van der Waals surface area (Å²) in [6.07, 6.45) is 9.88. The van der Waals surface area contributed by atoms with Crippen molar-refractivity contribution in [2.45, 2.75) is 32.6 Å². The Morgan fingerprint density at radius 1 is 1.29 bits per heavy atom. The number of nitrogens with zero attached hydrogens (tertiary/aromatic N) is 4. The van der Waals surface area contributed by atoms with Gasteiger partial charge in [0.2, 0.25) is 11.9 Å². The van der Waals surface area contributed by atoms with Crippen LogP contribution in [-0.2, 0) is 11.2 Å². The summed E-state index contributed by atoms with van der Waals surface area (Å²) in [6, 6.07) is 5.83. The normalized spacial score (nSPS) is 17.5. The highest BCUT2D eigenvalue weighted by molar-refractivity contribution is 5.87. The Labute approximate surface area is 142 Å². The molecule has 3 heterocycles. The third-order valence-corrected chi connectivity index (χ3v) is 4.32. The van der Waals surface area contributed by atoms with Gasteiger partial charge in [0.1, 0.15) is 5.82 Å². The fraction of sp³-hybridized carbons (Fsp3) is 0.444. The molecule has 6 heteroatoms. The average molecular weight is 325 g/mol. The second-order valence-electron chi connectivity index (χ2n) is 6.27. The molecule has 0 aromatic carbocycles. The Morgan fingerprint density at radius 3 is 2.92 bits per heavy atom. The van der Waals surface area contributed by atoms with Crippen molar-refractivity contribution in [3.8, 4) is 0 Å². The number of amides is 1. The van der Waals surface area contributed by atoms with Crippen molar-refractivity contribution >= 4 is 17.7 Å². The first-order valence-corrected chi connectivity index (χ1v) is 8.45. The van der Waals surface area contributed by atoms with Crippen LogP contribution in [0.3, 0.4) is 0 Å². The number of carbonyl (C=O) groups is 1. The van der Waals surface area contributed by atoms with Crippen LogP contribution in [0.2, 0.25) is 0 Å². The highest BCUT2D eigenvalue weighted by Crippen LogP contribution is 2.24. The lowest BCUT2D eigenvalue weighted by Crippen LogP contribution is -2.36. The molecule has 126 valence electrons. The minimum Gasteiger partial charge on any atom is -0.341 e. The molecule has 1 amide bonds. The Kier molecular flexibility index (Phi) is 5.36. The first-order chi connectivity index (χ1) is 11.7. The smallest absolute Gasteiger partial charge is 0.225 e. The number of aromatic nitrogens is 3. The molecule has 6 nitrogen and oxygen atoms in total. The summed E-state index contributed by atoms with van der Waals surface area (Å²) < 4.78 is 0. The van der Waals surface area contributed by atoms with Crippen molar-refractivity contribution in [3.63, 3.8) is 0 Å². The molecule has 3 rings (SSSR count). The van der Waals surface area contributed by atoms with E-state index in [2.05, 4.69) is 25.2 Å².